The monoisotopic (exact) mass is 442 g/mol. The molecule has 1 aromatic rings. The van der Waals surface area contributed by atoms with Crippen molar-refractivity contribution >= 4 is 23.5 Å². The topological polar surface area (TPSA) is 94.5 Å². The van der Waals surface area contributed by atoms with Gasteiger partial charge in [0.25, 0.3) is 0 Å². The fourth-order valence-electron chi connectivity index (χ4n) is 4.92. The van der Waals surface area contributed by atoms with E-state index in [-0.39, 0.29) is 18.4 Å². The van der Waals surface area contributed by atoms with Crippen LogP contribution in [-0.2, 0) is 16.1 Å². The standard InChI is InChI=1S/C24H34N4O4/c1-17-19-15-27-16-22(30)26-24(27)25-20(19)10-11-21(17)32-14-6-5-9-23(31)28(12-13-29)18-7-3-2-4-8-18/h10-11,18,29H,2-9,12-16H2,1H3,(H,25,26,30). The van der Waals surface area contributed by atoms with Crippen LogP contribution in [0.15, 0.2) is 17.1 Å². The van der Waals surface area contributed by atoms with Gasteiger partial charge >= 0.3 is 0 Å². The van der Waals surface area contributed by atoms with Gasteiger partial charge < -0.3 is 19.6 Å². The Morgan fingerprint density at radius 2 is 2.06 bits per heavy atom. The molecule has 0 bridgehead atoms. The van der Waals surface area contributed by atoms with E-state index in [9.17, 15) is 14.7 Å². The number of carbonyl (C=O) groups excluding carboxylic acids is 2. The lowest BCUT2D eigenvalue weighted by Crippen LogP contribution is -2.43. The molecule has 1 aliphatic carbocycles. The predicted molar refractivity (Wildman–Crippen MR) is 122 cm³/mol. The zero-order valence-electron chi connectivity index (χ0n) is 18.9. The Balaban J connectivity index is 1.25. The smallest absolute Gasteiger partial charge is 0.246 e. The van der Waals surface area contributed by atoms with Crippen molar-refractivity contribution in [1.82, 2.24) is 15.1 Å². The van der Waals surface area contributed by atoms with Gasteiger partial charge in [0.05, 0.1) is 18.9 Å². The Labute approximate surface area is 189 Å². The van der Waals surface area contributed by atoms with E-state index >= 15 is 0 Å². The summed E-state index contributed by atoms with van der Waals surface area (Å²) in [6.07, 6.45) is 7.77. The molecule has 174 valence electrons. The largest absolute Gasteiger partial charge is 0.493 e. The average Bonchev–Trinajstić information content (AvgIpc) is 3.17. The van der Waals surface area contributed by atoms with Gasteiger partial charge in [0, 0.05) is 31.1 Å². The zero-order chi connectivity index (χ0) is 22.5. The van der Waals surface area contributed by atoms with Gasteiger partial charge in [-0.1, -0.05) is 19.3 Å². The highest BCUT2D eigenvalue weighted by Crippen LogP contribution is 2.34. The molecular formula is C24H34N4O4. The molecule has 4 rings (SSSR count). The van der Waals surface area contributed by atoms with Gasteiger partial charge in [-0.3, -0.25) is 14.9 Å². The molecule has 1 aromatic carbocycles. The molecule has 0 spiro atoms. The number of hydrogen-bond donors (Lipinski definition) is 2. The van der Waals surface area contributed by atoms with Crippen LogP contribution in [0.4, 0.5) is 5.69 Å². The Hall–Kier alpha value is -2.61. The van der Waals surface area contributed by atoms with Gasteiger partial charge in [-0.25, -0.2) is 4.99 Å². The molecule has 0 atom stereocenters. The SMILES string of the molecule is Cc1c(OCCCCC(=O)N(CCO)C2CCCCC2)ccc2c1CN1CC(=O)NC1=N2. The zero-order valence-corrected chi connectivity index (χ0v) is 18.9. The molecule has 0 unspecified atom stereocenters. The van der Waals surface area contributed by atoms with E-state index in [0.717, 1.165) is 48.2 Å². The van der Waals surface area contributed by atoms with Crippen LogP contribution in [-0.4, -0.2) is 65.0 Å². The van der Waals surface area contributed by atoms with Crippen LogP contribution in [0.3, 0.4) is 0 Å². The first-order chi connectivity index (χ1) is 15.6. The summed E-state index contributed by atoms with van der Waals surface area (Å²) in [5.74, 6) is 1.58. The van der Waals surface area contributed by atoms with Crippen molar-refractivity contribution in [1.29, 1.82) is 0 Å². The van der Waals surface area contributed by atoms with Crippen LogP contribution >= 0.6 is 0 Å². The lowest BCUT2D eigenvalue weighted by Gasteiger charge is -2.34. The third-order valence-corrected chi connectivity index (χ3v) is 6.70. The minimum atomic E-state index is -0.0266. The summed E-state index contributed by atoms with van der Waals surface area (Å²) in [7, 11) is 0. The molecule has 0 radical (unpaired) electrons. The van der Waals surface area contributed by atoms with Crippen LogP contribution in [0.1, 0.15) is 62.5 Å². The maximum absolute atomic E-state index is 12.7. The molecule has 2 N–H and O–H groups in total. The lowest BCUT2D eigenvalue weighted by molar-refractivity contribution is -0.135. The van der Waals surface area contributed by atoms with Crippen molar-refractivity contribution in [2.75, 3.05) is 26.3 Å². The van der Waals surface area contributed by atoms with Crippen molar-refractivity contribution in [2.24, 2.45) is 4.99 Å². The van der Waals surface area contributed by atoms with Gasteiger partial charge in [0.1, 0.15) is 12.3 Å². The third kappa shape index (κ3) is 5.06. The van der Waals surface area contributed by atoms with Crippen LogP contribution in [0.5, 0.6) is 5.75 Å². The summed E-state index contributed by atoms with van der Waals surface area (Å²) in [5, 5.41) is 12.2. The molecule has 3 aliphatic rings. The van der Waals surface area contributed by atoms with Crippen LogP contribution in [0, 0.1) is 6.92 Å². The number of carbonyl (C=O) groups is 2. The summed E-state index contributed by atoms with van der Waals surface area (Å²) < 4.78 is 6.03. The molecule has 8 nitrogen and oxygen atoms in total. The number of ether oxygens (including phenoxy) is 1. The number of rotatable bonds is 9. The van der Waals surface area contributed by atoms with Crippen LogP contribution < -0.4 is 10.1 Å². The second-order valence-corrected chi connectivity index (χ2v) is 8.93. The Morgan fingerprint density at radius 3 is 2.84 bits per heavy atom. The van der Waals surface area contributed by atoms with Crippen molar-refractivity contribution in [3.63, 3.8) is 0 Å². The number of nitrogens with zero attached hydrogens (tertiary/aromatic N) is 3. The van der Waals surface area contributed by atoms with Crippen molar-refractivity contribution < 1.29 is 19.4 Å². The van der Waals surface area contributed by atoms with E-state index in [1.807, 2.05) is 28.9 Å². The summed E-state index contributed by atoms with van der Waals surface area (Å²) in [6.45, 7) is 4.03. The number of unbranched alkanes of at least 4 members (excludes halogenated alkanes) is 1. The maximum atomic E-state index is 12.7. The minimum Gasteiger partial charge on any atom is -0.493 e. The molecule has 2 amide bonds. The normalized spacial score (nSPS) is 18.0. The first-order valence-corrected chi connectivity index (χ1v) is 11.9. The highest BCUT2D eigenvalue weighted by Gasteiger charge is 2.30. The fraction of sp³-hybridized carbons (Fsp3) is 0.625. The van der Waals surface area contributed by atoms with Crippen molar-refractivity contribution in [3.05, 3.63) is 23.3 Å². The number of nitrogens with one attached hydrogen (secondary N) is 1. The second-order valence-electron chi connectivity index (χ2n) is 8.93. The second kappa shape index (κ2) is 10.3. The predicted octanol–water partition coefficient (Wildman–Crippen LogP) is 2.63. The van der Waals surface area contributed by atoms with E-state index < -0.39 is 0 Å². The first-order valence-electron chi connectivity index (χ1n) is 11.9. The highest BCUT2D eigenvalue weighted by molar-refractivity contribution is 6.05. The number of hydrogen-bond acceptors (Lipinski definition) is 6. The van der Waals surface area contributed by atoms with E-state index in [1.165, 1.54) is 19.3 Å². The summed E-state index contributed by atoms with van der Waals surface area (Å²) >= 11 is 0. The molecule has 2 heterocycles. The first kappa shape index (κ1) is 22.6. The Kier molecular flexibility index (Phi) is 7.29. The van der Waals surface area contributed by atoms with Gasteiger partial charge in [0.15, 0.2) is 0 Å². The molecule has 1 saturated heterocycles. The number of guanidine groups is 1. The van der Waals surface area contributed by atoms with E-state index in [4.69, 9.17) is 4.74 Å². The van der Waals surface area contributed by atoms with E-state index in [0.29, 0.717) is 44.7 Å². The number of fused-ring (bicyclic) bond motifs is 2. The summed E-state index contributed by atoms with van der Waals surface area (Å²) in [6, 6.07) is 4.16. The Morgan fingerprint density at radius 1 is 1.25 bits per heavy atom. The lowest BCUT2D eigenvalue weighted by atomic mass is 9.94. The molecule has 2 aliphatic heterocycles. The van der Waals surface area contributed by atoms with Gasteiger partial charge in [-0.05, 0) is 50.3 Å². The highest BCUT2D eigenvalue weighted by atomic mass is 16.5. The van der Waals surface area contributed by atoms with E-state index in [1.54, 1.807) is 0 Å². The quantitative estimate of drug-likeness (QED) is 0.574. The fourth-order valence-corrected chi connectivity index (χ4v) is 4.92. The Bertz CT molecular complexity index is 879. The van der Waals surface area contributed by atoms with Crippen LogP contribution in [0.2, 0.25) is 0 Å². The molecule has 2 fully saturated rings. The molecule has 32 heavy (non-hydrogen) atoms. The maximum Gasteiger partial charge on any atom is 0.246 e. The summed E-state index contributed by atoms with van der Waals surface area (Å²) in [4.78, 5) is 32.8. The summed E-state index contributed by atoms with van der Waals surface area (Å²) in [5.41, 5.74) is 3.01. The molecule has 0 aromatic heterocycles. The molecule has 1 saturated carbocycles. The average molecular weight is 443 g/mol. The number of benzene rings is 1. The number of aliphatic hydroxyl groups is 1. The molecule has 8 heteroatoms. The van der Waals surface area contributed by atoms with Gasteiger partial charge in [0.2, 0.25) is 17.8 Å². The van der Waals surface area contributed by atoms with Crippen molar-refractivity contribution in [3.8, 4) is 5.75 Å². The van der Waals surface area contributed by atoms with Gasteiger partial charge in [-0.15, -0.1) is 0 Å². The van der Waals surface area contributed by atoms with Crippen molar-refractivity contribution in [2.45, 2.75) is 70.9 Å². The minimum absolute atomic E-state index is 0.0240. The number of amides is 2. The molecular weight excluding hydrogens is 408 g/mol. The number of aliphatic hydroxyl groups excluding tert-OH is 1. The third-order valence-electron chi connectivity index (χ3n) is 6.70. The van der Waals surface area contributed by atoms with Gasteiger partial charge in [-0.2, -0.15) is 0 Å². The van der Waals surface area contributed by atoms with Crippen LogP contribution in [0.25, 0.3) is 0 Å². The van der Waals surface area contributed by atoms with E-state index in [2.05, 4.69) is 10.3 Å². The number of aliphatic imine (C=N–C) groups is 1.